The molecule has 0 bridgehead atoms. The van der Waals surface area contributed by atoms with Gasteiger partial charge in [-0.2, -0.15) is 11.8 Å². The van der Waals surface area contributed by atoms with E-state index < -0.39 is 0 Å². The quantitative estimate of drug-likeness (QED) is 0.263. The SMILES string of the molecule is C=CCCCCCCCCCCCCCSC. The van der Waals surface area contributed by atoms with Gasteiger partial charge in [-0.25, -0.2) is 0 Å². The summed E-state index contributed by atoms with van der Waals surface area (Å²) in [6.07, 6.45) is 21.2. The van der Waals surface area contributed by atoms with Crippen LogP contribution in [0.2, 0.25) is 0 Å². The molecule has 0 aromatic heterocycles. The van der Waals surface area contributed by atoms with Crippen LogP contribution in [0, 0.1) is 0 Å². The van der Waals surface area contributed by atoms with E-state index in [4.69, 9.17) is 0 Å². The van der Waals surface area contributed by atoms with Crippen LogP contribution in [0.25, 0.3) is 0 Å². The lowest BCUT2D eigenvalue weighted by molar-refractivity contribution is 0.551. The van der Waals surface area contributed by atoms with Crippen molar-refractivity contribution in [2.75, 3.05) is 12.0 Å². The highest BCUT2D eigenvalue weighted by Gasteiger charge is 1.93. The van der Waals surface area contributed by atoms with Gasteiger partial charge in [-0.3, -0.25) is 0 Å². The van der Waals surface area contributed by atoms with Gasteiger partial charge in [0, 0.05) is 0 Å². The summed E-state index contributed by atoms with van der Waals surface area (Å²) < 4.78 is 0. The fourth-order valence-corrected chi connectivity index (χ4v) is 2.62. The van der Waals surface area contributed by atoms with Crippen molar-refractivity contribution in [2.45, 2.75) is 77.0 Å². The molecule has 0 aliphatic rings. The Bertz CT molecular complexity index is 142. The molecule has 0 N–H and O–H groups in total. The molecule has 0 fully saturated rings. The second-order valence-electron chi connectivity index (χ2n) is 4.96. The fraction of sp³-hybridized carbons (Fsp3) is 0.875. The Morgan fingerprint density at radius 1 is 0.706 bits per heavy atom. The average molecular weight is 256 g/mol. The molecule has 0 amide bonds. The zero-order valence-electron chi connectivity index (χ0n) is 11.9. The topological polar surface area (TPSA) is 0 Å². The van der Waals surface area contributed by atoms with Gasteiger partial charge in [-0.05, 0) is 31.3 Å². The van der Waals surface area contributed by atoms with Crippen LogP contribution in [-0.4, -0.2) is 12.0 Å². The van der Waals surface area contributed by atoms with Crippen molar-refractivity contribution < 1.29 is 0 Å². The summed E-state index contributed by atoms with van der Waals surface area (Å²) in [6, 6.07) is 0. The van der Waals surface area contributed by atoms with Gasteiger partial charge in [0.1, 0.15) is 0 Å². The molecule has 0 spiro atoms. The van der Waals surface area contributed by atoms with Crippen molar-refractivity contribution in [3.63, 3.8) is 0 Å². The van der Waals surface area contributed by atoms with Crippen LogP contribution >= 0.6 is 11.8 Å². The number of allylic oxidation sites excluding steroid dienone is 1. The van der Waals surface area contributed by atoms with Crippen molar-refractivity contribution in [1.82, 2.24) is 0 Å². The van der Waals surface area contributed by atoms with E-state index in [0.29, 0.717) is 0 Å². The van der Waals surface area contributed by atoms with E-state index in [0.717, 1.165) is 0 Å². The number of hydrogen-bond donors (Lipinski definition) is 0. The monoisotopic (exact) mass is 256 g/mol. The highest BCUT2D eigenvalue weighted by atomic mass is 32.2. The van der Waals surface area contributed by atoms with E-state index in [1.54, 1.807) is 0 Å². The lowest BCUT2D eigenvalue weighted by atomic mass is 10.1. The molecule has 0 radical (unpaired) electrons. The van der Waals surface area contributed by atoms with Crippen LogP contribution in [0.15, 0.2) is 12.7 Å². The normalized spacial score (nSPS) is 10.6. The summed E-state index contributed by atoms with van der Waals surface area (Å²) in [4.78, 5) is 0. The molecule has 0 atom stereocenters. The van der Waals surface area contributed by atoms with Gasteiger partial charge in [0.15, 0.2) is 0 Å². The second kappa shape index (κ2) is 16.1. The maximum Gasteiger partial charge on any atom is -0.00703 e. The van der Waals surface area contributed by atoms with E-state index in [2.05, 4.69) is 12.8 Å². The summed E-state index contributed by atoms with van der Waals surface area (Å²) in [5.41, 5.74) is 0. The van der Waals surface area contributed by atoms with Gasteiger partial charge in [0.25, 0.3) is 0 Å². The van der Waals surface area contributed by atoms with E-state index >= 15 is 0 Å². The minimum Gasteiger partial charge on any atom is -0.165 e. The van der Waals surface area contributed by atoms with E-state index in [1.165, 1.54) is 82.8 Å². The first kappa shape index (κ1) is 17.1. The molecule has 17 heavy (non-hydrogen) atoms. The van der Waals surface area contributed by atoms with Gasteiger partial charge < -0.3 is 0 Å². The zero-order valence-corrected chi connectivity index (χ0v) is 12.7. The van der Waals surface area contributed by atoms with Gasteiger partial charge in [0.05, 0.1) is 0 Å². The van der Waals surface area contributed by atoms with Crippen LogP contribution in [0.5, 0.6) is 0 Å². The molecular weight excluding hydrogens is 224 g/mol. The van der Waals surface area contributed by atoms with E-state index in [1.807, 2.05) is 17.8 Å². The molecule has 0 saturated heterocycles. The highest BCUT2D eigenvalue weighted by molar-refractivity contribution is 7.98. The van der Waals surface area contributed by atoms with Crippen LogP contribution in [0.4, 0.5) is 0 Å². The Kier molecular flexibility index (Phi) is 16.2. The van der Waals surface area contributed by atoms with Crippen molar-refractivity contribution in [2.24, 2.45) is 0 Å². The number of unbranched alkanes of at least 4 members (excludes halogenated alkanes) is 11. The largest absolute Gasteiger partial charge is 0.165 e. The Morgan fingerprint density at radius 3 is 1.53 bits per heavy atom. The minimum atomic E-state index is 1.20. The predicted molar refractivity (Wildman–Crippen MR) is 84.0 cm³/mol. The first-order chi connectivity index (χ1) is 8.41. The maximum atomic E-state index is 3.75. The molecule has 0 aromatic carbocycles. The molecule has 0 aliphatic carbocycles. The molecule has 1 heteroatoms. The van der Waals surface area contributed by atoms with Crippen LogP contribution < -0.4 is 0 Å². The molecule has 0 nitrogen and oxygen atoms in total. The van der Waals surface area contributed by atoms with Crippen molar-refractivity contribution in [1.29, 1.82) is 0 Å². The zero-order chi connectivity index (χ0) is 12.6. The number of thioether (sulfide) groups is 1. The lowest BCUT2D eigenvalue weighted by Crippen LogP contribution is -1.83. The molecule has 0 heterocycles. The third kappa shape index (κ3) is 16.1. The third-order valence-corrected chi connectivity index (χ3v) is 3.95. The summed E-state index contributed by atoms with van der Waals surface area (Å²) in [6.45, 7) is 3.75. The Labute approximate surface area is 114 Å². The van der Waals surface area contributed by atoms with Gasteiger partial charge in [0.2, 0.25) is 0 Å². The molecule has 0 aromatic rings. The Balaban J connectivity index is 2.87. The van der Waals surface area contributed by atoms with Crippen molar-refractivity contribution in [3.05, 3.63) is 12.7 Å². The average Bonchev–Trinajstić information content (AvgIpc) is 2.35. The van der Waals surface area contributed by atoms with Gasteiger partial charge >= 0.3 is 0 Å². The lowest BCUT2D eigenvalue weighted by Gasteiger charge is -2.02. The van der Waals surface area contributed by atoms with Crippen LogP contribution in [0.1, 0.15) is 77.0 Å². The Hall–Kier alpha value is 0.0900. The maximum absolute atomic E-state index is 3.75. The number of hydrogen-bond acceptors (Lipinski definition) is 1. The van der Waals surface area contributed by atoms with Crippen LogP contribution in [0.3, 0.4) is 0 Å². The standard InChI is InChI=1S/C16H32S/c1-3-4-5-6-7-8-9-10-11-12-13-14-15-16-17-2/h3H,1,4-16H2,2H3. The van der Waals surface area contributed by atoms with Gasteiger partial charge in [-0.1, -0.05) is 63.9 Å². The molecule has 0 unspecified atom stereocenters. The summed E-state index contributed by atoms with van der Waals surface area (Å²) in [7, 11) is 0. The highest BCUT2D eigenvalue weighted by Crippen LogP contribution is 2.12. The molecule has 0 rings (SSSR count). The smallest absolute Gasteiger partial charge is 0.00703 e. The first-order valence-corrected chi connectivity index (χ1v) is 8.91. The minimum absolute atomic E-state index is 1.20. The summed E-state index contributed by atoms with van der Waals surface area (Å²) in [5.74, 6) is 1.35. The molecule has 0 saturated carbocycles. The molecule has 102 valence electrons. The molecule has 0 aliphatic heterocycles. The summed E-state index contributed by atoms with van der Waals surface area (Å²) in [5, 5.41) is 0. The van der Waals surface area contributed by atoms with Crippen molar-refractivity contribution >= 4 is 11.8 Å². The van der Waals surface area contributed by atoms with Crippen LogP contribution in [-0.2, 0) is 0 Å². The second-order valence-corrected chi connectivity index (χ2v) is 5.94. The third-order valence-electron chi connectivity index (χ3n) is 3.26. The number of rotatable bonds is 14. The predicted octanol–water partition coefficient (Wildman–Crippen LogP) is 6.22. The first-order valence-electron chi connectivity index (χ1n) is 7.51. The fourth-order valence-electron chi connectivity index (χ4n) is 2.13. The Morgan fingerprint density at radius 2 is 1.12 bits per heavy atom. The van der Waals surface area contributed by atoms with Crippen molar-refractivity contribution in [3.8, 4) is 0 Å². The van der Waals surface area contributed by atoms with E-state index in [9.17, 15) is 0 Å². The molecular formula is C16H32S. The van der Waals surface area contributed by atoms with Gasteiger partial charge in [-0.15, -0.1) is 6.58 Å². The van der Waals surface area contributed by atoms with E-state index in [-0.39, 0.29) is 0 Å². The summed E-state index contributed by atoms with van der Waals surface area (Å²) >= 11 is 1.98.